The van der Waals surface area contributed by atoms with Gasteiger partial charge in [0.2, 0.25) is 5.91 Å². The zero-order chi connectivity index (χ0) is 17.9. The molecule has 1 aliphatic heterocycles. The van der Waals surface area contributed by atoms with Crippen LogP contribution in [0.15, 0.2) is 36.9 Å². The van der Waals surface area contributed by atoms with E-state index < -0.39 is 15.7 Å². The van der Waals surface area contributed by atoms with Crippen LogP contribution in [0.2, 0.25) is 0 Å². The number of hydrogen-bond donors (Lipinski definition) is 1. The zero-order valence-corrected chi connectivity index (χ0v) is 14.4. The molecule has 2 aromatic rings. The highest BCUT2D eigenvalue weighted by Crippen LogP contribution is 2.15. The molecular weight excluding hydrogens is 347 g/mol. The predicted molar refractivity (Wildman–Crippen MR) is 90.5 cm³/mol. The molecule has 0 unspecified atom stereocenters. The second kappa shape index (κ2) is 7.32. The van der Waals surface area contributed by atoms with Crippen molar-refractivity contribution in [3.05, 3.63) is 48.3 Å². The van der Waals surface area contributed by atoms with E-state index in [0.29, 0.717) is 24.3 Å². The molecule has 7 nitrogen and oxygen atoms in total. The molecule has 1 aromatic carbocycles. The van der Waals surface area contributed by atoms with Crippen molar-refractivity contribution in [2.24, 2.45) is 0 Å². The summed E-state index contributed by atoms with van der Waals surface area (Å²) in [6.45, 7) is 1.09. The van der Waals surface area contributed by atoms with E-state index in [1.165, 1.54) is 12.4 Å². The molecule has 0 radical (unpaired) electrons. The highest BCUT2D eigenvalue weighted by molar-refractivity contribution is 7.91. The Bertz CT molecular complexity index is 838. The van der Waals surface area contributed by atoms with Crippen LogP contribution in [0.1, 0.15) is 5.56 Å². The van der Waals surface area contributed by atoms with E-state index in [1.54, 1.807) is 34.0 Å². The zero-order valence-electron chi connectivity index (χ0n) is 13.6. The molecule has 134 valence electrons. The van der Waals surface area contributed by atoms with Crippen molar-refractivity contribution >= 4 is 15.7 Å². The Morgan fingerprint density at radius 2 is 2.04 bits per heavy atom. The van der Waals surface area contributed by atoms with E-state index in [2.05, 4.69) is 10.3 Å². The van der Waals surface area contributed by atoms with Gasteiger partial charge in [-0.25, -0.2) is 17.8 Å². The average molecular weight is 366 g/mol. The fraction of sp³-hybridized carbons (Fsp3) is 0.375. The summed E-state index contributed by atoms with van der Waals surface area (Å²) in [6, 6.07) is 4.75. The molecule has 0 bridgehead atoms. The summed E-state index contributed by atoms with van der Waals surface area (Å²) in [4.78, 5) is 17.7. The van der Waals surface area contributed by atoms with Gasteiger partial charge in [-0.2, -0.15) is 0 Å². The second-order valence-corrected chi connectivity index (χ2v) is 8.26. The van der Waals surface area contributed by atoms with Gasteiger partial charge in [0.15, 0.2) is 9.84 Å². The number of rotatable bonds is 5. The van der Waals surface area contributed by atoms with Crippen molar-refractivity contribution in [3.8, 4) is 5.69 Å². The largest absolute Gasteiger partial charge is 0.351 e. The van der Waals surface area contributed by atoms with Crippen molar-refractivity contribution < 1.29 is 17.6 Å². The van der Waals surface area contributed by atoms with Crippen LogP contribution >= 0.6 is 0 Å². The van der Waals surface area contributed by atoms with Crippen LogP contribution in [0, 0.1) is 5.82 Å². The lowest BCUT2D eigenvalue weighted by molar-refractivity contribution is -0.122. The number of imidazole rings is 1. The third-order valence-corrected chi connectivity index (χ3v) is 5.70. The van der Waals surface area contributed by atoms with Gasteiger partial charge >= 0.3 is 0 Å². The standard InChI is InChI=1S/C16H19FN4O3S/c17-14-9-13(1-2-15(14)21-4-3-18-12-21)10-19-16(22)11-20-5-7-25(23,24)8-6-20/h1-4,9,12H,5-8,10-11H2,(H,19,22). The minimum Gasteiger partial charge on any atom is -0.351 e. The number of nitrogens with zero attached hydrogens (tertiary/aromatic N) is 3. The van der Waals surface area contributed by atoms with E-state index >= 15 is 0 Å². The molecule has 1 aromatic heterocycles. The first kappa shape index (κ1) is 17.6. The van der Waals surface area contributed by atoms with Gasteiger partial charge in [-0.15, -0.1) is 0 Å². The van der Waals surface area contributed by atoms with E-state index in [9.17, 15) is 17.6 Å². The van der Waals surface area contributed by atoms with Gasteiger partial charge in [-0.1, -0.05) is 6.07 Å². The maximum Gasteiger partial charge on any atom is 0.234 e. The molecule has 0 atom stereocenters. The first-order valence-electron chi connectivity index (χ1n) is 7.89. The summed E-state index contributed by atoms with van der Waals surface area (Å²) in [5, 5.41) is 2.73. The van der Waals surface area contributed by atoms with E-state index in [1.807, 2.05) is 0 Å². The van der Waals surface area contributed by atoms with Gasteiger partial charge in [0.25, 0.3) is 0 Å². The van der Waals surface area contributed by atoms with Crippen LogP contribution in [0.5, 0.6) is 0 Å². The summed E-state index contributed by atoms with van der Waals surface area (Å²) in [7, 11) is -2.96. The summed E-state index contributed by atoms with van der Waals surface area (Å²) < 4.78 is 38.5. The third-order valence-electron chi connectivity index (χ3n) is 4.09. The quantitative estimate of drug-likeness (QED) is 0.826. The lowest BCUT2D eigenvalue weighted by atomic mass is 10.2. The van der Waals surface area contributed by atoms with Crippen molar-refractivity contribution in [2.45, 2.75) is 6.54 Å². The number of nitrogens with one attached hydrogen (secondary N) is 1. The highest BCUT2D eigenvalue weighted by Gasteiger charge is 2.22. The van der Waals surface area contributed by atoms with Crippen LogP contribution in [0.25, 0.3) is 5.69 Å². The Labute approximate surface area is 145 Å². The Morgan fingerprint density at radius 3 is 2.68 bits per heavy atom. The van der Waals surface area contributed by atoms with Gasteiger partial charge in [-0.05, 0) is 17.7 Å². The van der Waals surface area contributed by atoms with Crippen LogP contribution in [-0.4, -0.2) is 59.9 Å². The van der Waals surface area contributed by atoms with Crippen LogP contribution in [0.4, 0.5) is 4.39 Å². The van der Waals surface area contributed by atoms with E-state index in [-0.39, 0.29) is 30.5 Å². The van der Waals surface area contributed by atoms with Crippen LogP contribution < -0.4 is 5.32 Å². The van der Waals surface area contributed by atoms with E-state index in [0.717, 1.165) is 0 Å². The molecule has 2 heterocycles. The monoisotopic (exact) mass is 366 g/mol. The Kier molecular flexibility index (Phi) is 5.14. The molecule has 25 heavy (non-hydrogen) atoms. The van der Waals surface area contributed by atoms with Crippen molar-refractivity contribution in [1.29, 1.82) is 0 Å². The molecular formula is C16H19FN4O3S. The predicted octanol–water partition coefficient (Wildman–Crippen LogP) is 0.358. The molecule has 1 aliphatic rings. The number of amides is 1. The molecule has 0 aliphatic carbocycles. The summed E-state index contributed by atoms with van der Waals surface area (Å²) in [6.07, 6.45) is 4.73. The Balaban J connectivity index is 1.51. The number of carbonyl (C=O) groups excluding carboxylic acids is 1. The summed E-state index contributed by atoms with van der Waals surface area (Å²) in [5.41, 5.74) is 1.04. The first-order valence-corrected chi connectivity index (χ1v) is 9.71. The third kappa shape index (κ3) is 4.64. The van der Waals surface area contributed by atoms with Crippen LogP contribution in [0.3, 0.4) is 0 Å². The minimum absolute atomic E-state index is 0.0845. The minimum atomic E-state index is -2.96. The molecule has 0 saturated carbocycles. The lowest BCUT2D eigenvalue weighted by Crippen LogP contribution is -2.45. The number of halogens is 1. The van der Waals surface area contributed by atoms with Crippen LogP contribution in [-0.2, 0) is 21.2 Å². The van der Waals surface area contributed by atoms with Gasteiger partial charge in [0.1, 0.15) is 5.82 Å². The number of sulfone groups is 1. The number of aromatic nitrogens is 2. The smallest absolute Gasteiger partial charge is 0.234 e. The second-order valence-electron chi connectivity index (χ2n) is 5.96. The maximum absolute atomic E-state index is 14.2. The fourth-order valence-electron chi connectivity index (χ4n) is 2.64. The molecule has 1 amide bonds. The molecule has 3 rings (SSSR count). The Hall–Kier alpha value is -2.26. The summed E-state index contributed by atoms with van der Waals surface area (Å²) in [5.74, 6) is -0.438. The maximum atomic E-state index is 14.2. The lowest BCUT2D eigenvalue weighted by Gasteiger charge is -2.25. The fourth-order valence-corrected chi connectivity index (χ4v) is 3.92. The topological polar surface area (TPSA) is 84.3 Å². The number of hydrogen-bond acceptors (Lipinski definition) is 5. The molecule has 1 saturated heterocycles. The van der Waals surface area contributed by atoms with Gasteiger partial charge in [-0.3, -0.25) is 9.69 Å². The number of carbonyl (C=O) groups is 1. The number of benzene rings is 1. The average Bonchev–Trinajstić information content (AvgIpc) is 3.09. The summed E-state index contributed by atoms with van der Waals surface area (Å²) >= 11 is 0. The Morgan fingerprint density at radius 1 is 1.28 bits per heavy atom. The van der Waals surface area contributed by atoms with Gasteiger partial charge in [0, 0.05) is 32.0 Å². The van der Waals surface area contributed by atoms with E-state index in [4.69, 9.17) is 0 Å². The molecule has 1 N–H and O–H groups in total. The normalized spacial score (nSPS) is 17.3. The van der Waals surface area contributed by atoms with Gasteiger partial charge < -0.3 is 9.88 Å². The first-order chi connectivity index (χ1) is 11.9. The van der Waals surface area contributed by atoms with Crippen molar-refractivity contribution in [1.82, 2.24) is 19.8 Å². The molecule has 0 spiro atoms. The van der Waals surface area contributed by atoms with Crippen molar-refractivity contribution in [3.63, 3.8) is 0 Å². The molecule has 1 fully saturated rings. The highest BCUT2D eigenvalue weighted by atomic mass is 32.2. The SMILES string of the molecule is O=C(CN1CCS(=O)(=O)CC1)NCc1ccc(-n2ccnc2)c(F)c1. The molecule has 9 heteroatoms. The van der Waals surface area contributed by atoms with Gasteiger partial charge in [0.05, 0.1) is 30.1 Å². The van der Waals surface area contributed by atoms with Crippen molar-refractivity contribution in [2.75, 3.05) is 31.1 Å².